The molecule has 0 spiro atoms. The maximum atomic E-state index is 5.55. The fourth-order valence-corrected chi connectivity index (χ4v) is 1.86. The van der Waals surface area contributed by atoms with Crippen LogP contribution in [0.4, 0.5) is 0 Å². The zero-order valence-corrected chi connectivity index (χ0v) is 9.77. The van der Waals surface area contributed by atoms with Crippen LogP contribution in [-0.2, 0) is 13.6 Å². The van der Waals surface area contributed by atoms with Crippen LogP contribution in [0.25, 0.3) is 0 Å². The van der Waals surface area contributed by atoms with Gasteiger partial charge < -0.3 is 10.3 Å². The van der Waals surface area contributed by atoms with Gasteiger partial charge in [-0.3, -0.25) is 0 Å². The highest BCUT2D eigenvalue weighted by Crippen LogP contribution is 2.18. The van der Waals surface area contributed by atoms with Crippen molar-refractivity contribution in [2.24, 2.45) is 12.8 Å². The third-order valence-corrected chi connectivity index (χ3v) is 3.31. The highest BCUT2D eigenvalue weighted by atomic mass is 35.5. The Hall–Kier alpha value is -0.520. The number of nitrogens with zero attached hydrogens (tertiary/aromatic N) is 3. The molecule has 1 heterocycles. The number of hydrogen-bond donors (Lipinski definition) is 1. The molecule has 0 radical (unpaired) electrons. The van der Waals surface area contributed by atoms with E-state index in [0.717, 1.165) is 22.3 Å². The summed E-state index contributed by atoms with van der Waals surface area (Å²) in [5.41, 5.74) is 8.16. The van der Waals surface area contributed by atoms with Gasteiger partial charge in [0.05, 0.1) is 6.54 Å². The van der Waals surface area contributed by atoms with Crippen molar-refractivity contribution in [3.8, 4) is 0 Å². The number of nitrogens with two attached hydrogens (primary N) is 1. The first-order valence-corrected chi connectivity index (χ1v) is 5.58. The summed E-state index contributed by atoms with van der Waals surface area (Å²) >= 11 is 7.15. The second-order valence-electron chi connectivity index (χ2n) is 2.91. The van der Waals surface area contributed by atoms with Crippen LogP contribution in [0.1, 0.15) is 12.7 Å². The monoisotopic (exact) mass is 232 g/mol. The molecule has 0 aliphatic rings. The van der Waals surface area contributed by atoms with Gasteiger partial charge in [0.2, 0.25) is 0 Å². The minimum Gasteiger partial charge on any atom is -0.324 e. The molecular weight excluding hydrogens is 220 g/mol. The third-order valence-electron chi connectivity index (χ3n) is 1.72. The predicted octanol–water partition coefficient (Wildman–Crippen LogP) is 1.51. The highest BCUT2D eigenvalue weighted by molar-refractivity contribution is 7.99. The quantitative estimate of drug-likeness (QED) is 0.800. The maximum Gasteiger partial charge on any atom is 0.191 e. The molecule has 2 N–H and O–H groups in total. The molecule has 14 heavy (non-hydrogen) atoms. The summed E-state index contributed by atoms with van der Waals surface area (Å²) in [6, 6.07) is 0. The van der Waals surface area contributed by atoms with Gasteiger partial charge in [0.25, 0.3) is 0 Å². The van der Waals surface area contributed by atoms with Gasteiger partial charge in [-0.1, -0.05) is 28.9 Å². The molecule has 0 amide bonds. The van der Waals surface area contributed by atoms with Crippen LogP contribution < -0.4 is 5.73 Å². The van der Waals surface area contributed by atoms with Crippen molar-refractivity contribution in [1.82, 2.24) is 14.8 Å². The van der Waals surface area contributed by atoms with E-state index in [9.17, 15) is 0 Å². The average molecular weight is 233 g/mol. The van der Waals surface area contributed by atoms with Crippen molar-refractivity contribution < 1.29 is 0 Å². The molecule has 0 aromatic carbocycles. The van der Waals surface area contributed by atoms with Crippen LogP contribution in [0.15, 0.2) is 16.3 Å². The summed E-state index contributed by atoms with van der Waals surface area (Å²) in [6.45, 7) is 2.38. The van der Waals surface area contributed by atoms with Gasteiger partial charge in [0.1, 0.15) is 5.82 Å². The minimum absolute atomic E-state index is 0.411. The van der Waals surface area contributed by atoms with Gasteiger partial charge in [-0.15, -0.1) is 10.2 Å². The lowest BCUT2D eigenvalue weighted by molar-refractivity contribution is 0.735. The van der Waals surface area contributed by atoms with Crippen LogP contribution in [0.5, 0.6) is 0 Å². The van der Waals surface area contributed by atoms with Gasteiger partial charge in [0, 0.05) is 18.3 Å². The second kappa shape index (κ2) is 5.38. The van der Waals surface area contributed by atoms with Crippen molar-refractivity contribution >= 4 is 23.4 Å². The topological polar surface area (TPSA) is 56.7 Å². The van der Waals surface area contributed by atoms with Crippen LogP contribution in [0.3, 0.4) is 0 Å². The van der Waals surface area contributed by atoms with E-state index in [1.54, 1.807) is 17.3 Å². The average Bonchev–Trinajstić information content (AvgIpc) is 2.56. The van der Waals surface area contributed by atoms with Gasteiger partial charge in [-0.25, -0.2) is 0 Å². The number of rotatable bonds is 4. The molecule has 0 saturated carbocycles. The smallest absolute Gasteiger partial charge is 0.191 e. The molecule has 4 nitrogen and oxygen atoms in total. The number of halogens is 1. The number of hydrogen-bond acceptors (Lipinski definition) is 4. The van der Waals surface area contributed by atoms with Crippen molar-refractivity contribution in [1.29, 1.82) is 0 Å². The Morgan fingerprint density at radius 1 is 1.64 bits per heavy atom. The van der Waals surface area contributed by atoms with Gasteiger partial charge in [-0.05, 0) is 6.92 Å². The Labute approximate surface area is 92.5 Å². The SMILES string of the molecule is CC(=CCl)CSc1nnc(CN)n1C. The van der Waals surface area contributed by atoms with E-state index >= 15 is 0 Å². The summed E-state index contributed by atoms with van der Waals surface area (Å²) in [5.74, 6) is 1.61. The van der Waals surface area contributed by atoms with Crippen molar-refractivity contribution in [2.75, 3.05) is 5.75 Å². The predicted molar refractivity (Wildman–Crippen MR) is 59.2 cm³/mol. The molecule has 0 aliphatic carbocycles. The summed E-state index contributed by atoms with van der Waals surface area (Å²) in [6.07, 6.45) is 0. The van der Waals surface area contributed by atoms with Gasteiger partial charge in [-0.2, -0.15) is 0 Å². The first-order chi connectivity index (χ1) is 6.69. The van der Waals surface area contributed by atoms with E-state index < -0.39 is 0 Å². The Bertz CT molecular complexity index is 334. The lowest BCUT2D eigenvalue weighted by Crippen LogP contribution is -2.05. The molecule has 78 valence electrons. The Morgan fingerprint density at radius 2 is 2.36 bits per heavy atom. The molecule has 0 saturated heterocycles. The normalized spacial score (nSPS) is 12.1. The van der Waals surface area contributed by atoms with E-state index in [2.05, 4.69) is 10.2 Å². The molecular formula is C8H13ClN4S. The third kappa shape index (κ3) is 2.73. The molecule has 0 aliphatic heterocycles. The van der Waals surface area contributed by atoms with Crippen molar-refractivity contribution in [2.45, 2.75) is 18.6 Å². The summed E-state index contributed by atoms with van der Waals surface area (Å²) in [7, 11) is 1.91. The van der Waals surface area contributed by atoms with Crippen LogP contribution >= 0.6 is 23.4 Å². The van der Waals surface area contributed by atoms with Crippen LogP contribution in [0, 0.1) is 0 Å². The molecule has 1 aromatic rings. The standard InChI is InChI=1S/C8H13ClN4S/c1-6(3-9)5-14-8-12-11-7(4-10)13(8)2/h3H,4-5,10H2,1-2H3. The van der Waals surface area contributed by atoms with E-state index in [1.165, 1.54) is 0 Å². The van der Waals surface area contributed by atoms with Gasteiger partial charge in [0.15, 0.2) is 5.16 Å². The summed E-state index contributed by atoms with van der Waals surface area (Å²) < 4.78 is 1.90. The zero-order valence-electron chi connectivity index (χ0n) is 8.20. The van der Waals surface area contributed by atoms with E-state index in [4.69, 9.17) is 17.3 Å². The van der Waals surface area contributed by atoms with E-state index in [1.807, 2.05) is 18.5 Å². The Morgan fingerprint density at radius 3 is 2.86 bits per heavy atom. The minimum atomic E-state index is 0.411. The summed E-state index contributed by atoms with van der Waals surface area (Å²) in [5, 5.41) is 8.84. The molecule has 0 fully saturated rings. The fraction of sp³-hybridized carbons (Fsp3) is 0.500. The van der Waals surface area contributed by atoms with Crippen molar-refractivity contribution in [3.05, 3.63) is 16.9 Å². The molecule has 0 bridgehead atoms. The fourth-order valence-electron chi connectivity index (χ4n) is 0.858. The summed E-state index contributed by atoms with van der Waals surface area (Å²) in [4.78, 5) is 0. The zero-order chi connectivity index (χ0) is 10.6. The molecule has 0 unspecified atom stereocenters. The lowest BCUT2D eigenvalue weighted by Gasteiger charge is -2.01. The highest BCUT2D eigenvalue weighted by Gasteiger charge is 2.07. The number of thioether (sulfide) groups is 1. The molecule has 1 rings (SSSR count). The van der Waals surface area contributed by atoms with Crippen LogP contribution in [-0.4, -0.2) is 20.5 Å². The number of aromatic nitrogens is 3. The molecule has 1 aromatic heterocycles. The van der Waals surface area contributed by atoms with E-state index in [-0.39, 0.29) is 0 Å². The second-order valence-corrected chi connectivity index (χ2v) is 4.07. The first-order valence-electron chi connectivity index (χ1n) is 4.16. The van der Waals surface area contributed by atoms with Gasteiger partial charge >= 0.3 is 0 Å². The van der Waals surface area contributed by atoms with Crippen molar-refractivity contribution in [3.63, 3.8) is 0 Å². The first kappa shape index (κ1) is 11.6. The molecule has 0 atom stereocenters. The molecule has 6 heteroatoms. The van der Waals surface area contributed by atoms with E-state index in [0.29, 0.717) is 6.54 Å². The Balaban J connectivity index is 2.63. The lowest BCUT2D eigenvalue weighted by atomic mass is 10.4. The Kier molecular flexibility index (Phi) is 4.44. The maximum absolute atomic E-state index is 5.55. The largest absolute Gasteiger partial charge is 0.324 e. The van der Waals surface area contributed by atoms with Crippen LogP contribution in [0.2, 0.25) is 0 Å².